The lowest BCUT2D eigenvalue weighted by molar-refractivity contribution is -0.149. The molecule has 1 saturated carbocycles. The van der Waals surface area contributed by atoms with Crippen molar-refractivity contribution in [3.05, 3.63) is 70.2 Å². The number of carbonyl (C=O) groups is 1. The summed E-state index contributed by atoms with van der Waals surface area (Å²) in [6.45, 7) is 2.95. The molecule has 34 heavy (non-hydrogen) atoms. The van der Waals surface area contributed by atoms with Crippen LogP contribution in [-0.4, -0.2) is 29.0 Å². The summed E-state index contributed by atoms with van der Waals surface area (Å²) in [6.07, 6.45) is 9.61. The van der Waals surface area contributed by atoms with E-state index in [-0.39, 0.29) is 5.91 Å². The minimum absolute atomic E-state index is 0.216. The van der Waals surface area contributed by atoms with Crippen LogP contribution >= 0.6 is 11.6 Å². The van der Waals surface area contributed by atoms with E-state index < -0.39 is 5.60 Å². The van der Waals surface area contributed by atoms with Crippen LogP contribution < -0.4 is 0 Å². The Morgan fingerprint density at radius 1 is 1.12 bits per heavy atom. The van der Waals surface area contributed by atoms with Crippen molar-refractivity contribution in [3.8, 4) is 6.07 Å². The summed E-state index contributed by atoms with van der Waals surface area (Å²) < 4.78 is 0. The Bertz CT molecular complexity index is 1020. The Hall–Kier alpha value is -2.35. The molecule has 0 aromatic heterocycles. The summed E-state index contributed by atoms with van der Waals surface area (Å²) in [5, 5.41) is 20.8. The number of benzene rings is 2. The third-order valence-electron chi connectivity index (χ3n) is 7.87. The van der Waals surface area contributed by atoms with Gasteiger partial charge in [-0.15, -0.1) is 0 Å². The lowest BCUT2D eigenvalue weighted by Gasteiger charge is -2.30. The first kappa shape index (κ1) is 24.8. The van der Waals surface area contributed by atoms with Crippen molar-refractivity contribution >= 4 is 17.5 Å². The fourth-order valence-electron chi connectivity index (χ4n) is 5.88. The van der Waals surface area contributed by atoms with Crippen molar-refractivity contribution < 1.29 is 9.90 Å². The van der Waals surface area contributed by atoms with Crippen LogP contribution in [0.2, 0.25) is 5.02 Å². The molecule has 2 aromatic rings. The topological polar surface area (TPSA) is 64.3 Å². The number of likely N-dealkylation sites (tertiary alicyclic amines) is 1. The molecule has 2 aliphatic rings. The number of halogens is 1. The second kappa shape index (κ2) is 10.9. The lowest BCUT2D eigenvalue weighted by Crippen LogP contribution is -2.44. The molecule has 1 saturated heterocycles. The van der Waals surface area contributed by atoms with Crippen LogP contribution in [0, 0.1) is 23.2 Å². The molecule has 2 fully saturated rings. The highest BCUT2D eigenvalue weighted by molar-refractivity contribution is 6.31. The molecule has 4 rings (SSSR count). The predicted molar refractivity (Wildman–Crippen MR) is 135 cm³/mol. The predicted octanol–water partition coefficient (Wildman–Crippen LogP) is 6.41. The number of nitriles is 1. The maximum absolute atomic E-state index is 13.2. The highest BCUT2D eigenvalue weighted by Crippen LogP contribution is 2.39. The number of amides is 1. The summed E-state index contributed by atoms with van der Waals surface area (Å²) in [4.78, 5) is 15.1. The molecule has 1 unspecified atom stereocenters. The van der Waals surface area contributed by atoms with Crippen molar-refractivity contribution in [1.29, 1.82) is 5.26 Å². The summed E-state index contributed by atoms with van der Waals surface area (Å²) in [6, 6.07) is 17.2. The molecule has 1 N–H and O–H groups in total. The Morgan fingerprint density at radius 2 is 1.82 bits per heavy atom. The third-order valence-corrected chi connectivity index (χ3v) is 8.18. The number of rotatable bonds is 7. The van der Waals surface area contributed by atoms with Gasteiger partial charge in [0, 0.05) is 13.1 Å². The van der Waals surface area contributed by atoms with Crippen LogP contribution in [0.25, 0.3) is 0 Å². The molecule has 0 bridgehead atoms. The Labute approximate surface area is 208 Å². The zero-order valence-electron chi connectivity index (χ0n) is 20.0. The van der Waals surface area contributed by atoms with Gasteiger partial charge in [-0.25, -0.2) is 0 Å². The molecule has 5 heteroatoms. The molecular formula is C29H35ClN2O2. The van der Waals surface area contributed by atoms with Crippen LogP contribution in [-0.2, 0) is 10.4 Å². The number of carbonyl (C=O) groups excluding carboxylic acids is 1. The van der Waals surface area contributed by atoms with Gasteiger partial charge in [0.05, 0.1) is 10.6 Å². The molecule has 1 heterocycles. The number of hydrogen-bond acceptors (Lipinski definition) is 3. The van der Waals surface area contributed by atoms with Crippen LogP contribution in [0.3, 0.4) is 0 Å². The fraction of sp³-hybridized carbons (Fsp3) is 0.517. The van der Waals surface area contributed by atoms with Gasteiger partial charge >= 0.3 is 0 Å². The van der Waals surface area contributed by atoms with Crippen LogP contribution in [0.5, 0.6) is 0 Å². The van der Waals surface area contributed by atoms with Gasteiger partial charge in [0.1, 0.15) is 6.07 Å². The van der Waals surface area contributed by atoms with Crippen LogP contribution in [0.4, 0.5) is 0 Å². The molecule has 2 aromatic carbocycles. The second-order valence-electron chi connectivity index (χ2n) is 10.4. The van der Waals surface area contributed by atoms with Gasteiger partial charge in [0.15, 0.2) is 5.60 Å². The highest BCUT2D eigenvalue weighted by Gasteiger charge is 2.39. The van der Waals surface area contributed by atoms with Gasteiger partial charge in [-0.2, -0.15) is 5.26 Å². The smallest absolute Gasteiger partial charge is 0.258 e. The lowest BCUT2D eigenvalue weighted by atomic mass is 9.77. The molecular weight excluding hydrogens is 444 g/mol. The fourth-order valence-corrected chi connectivity index (χ4v) is 6.11. The Balaban J connectivity index is 1.46. The number of nitrogens with zero attached hydrogens (tertiary/aromatic N) is 2. The molecule has 1 aliphatic heterocycles. The van der Waals surface area contributed by atoms with E-state index in [4.69, 9.17) is 11.6 Å². The summed E-state index contributed by atoms with van der Waals surface area (Å²) >= 11 is 6.40. The van der Waals surface area contributed by atoms with Gasteiger partial charge in [-0.1, -0.05) is 80.1 Å². The zero-order valence-corrected chi connectivity index (χ0v) is 20.8. The first-order valence-electron chi connectivity index (χ1n) is 12.6. The molecule has 3 atom stereocenters. The maximum atomic E-state index is 13.2. The van der Waals surface area contributed by atoms with E-state index in [0.717, 1.165) is 25.2 Å². The Morgan fingerprint density at radius 3 is 2.50 bits per heavy atom. The molecule has 0 radical (unpaired) electrons. The monoisotopic (exact) mass is 478 g/mol. The normalized spacial score (nSPS) is 21.6. The van der Waals surface area contributed by atoms with E-state index in [9.17, 15) is 15.2 Å². The molecule has 180 valence electrons. The van der Waals surface area contributed by atoms with Crippen molar-refractivity contribution in [3.63, 3.8) is 0 Å². The molecule has 1 amide bonds. The van der Waals surface area contributed by atoms with E-state index >= 15 is 0 Å². The average molecular weight is 479 g/mol. The van der Waals surface area contributed by atoms with Gasteiger partial charge in [0.25, 0.3) is 5.91 Å². The van der Waals surface area contributed by atoms with Crippen molar-refractivity contribution in [1.82, 2.24) is 4.90 Å². The van der Waals surface area contributed by atoms with E-state index in [2.05, 4.69) is 12.1 Å². The Kier molecular flexibility index (Phi) is 7.96. The summed E-state index contributed by atoms with van der Waals surface area (Å²) in [5.74, 6) is 1.26. The maximum Gasteiger partial charge on any atom is 0.258 e. The summed E-state index contributed by atoms with van der Waals surface area (Å²) in [5.41, 5.74) is 0.835. The minimum Gasteiger partial charge on any atom is -0.376 e. The highest BCUT2D eigenvalue weighted by atomic mass is 35.5. The third kappa shape index (κ3) is 5.65. The van der Waals surface area contributed by atoms with Gasteiger partial charge < -0.3 is 10.0 Å². The van der Waals surface area contributed by atoms with Gasteiger partial charge in [0.2, 0.25) is 0 Å². The van der Waals surface area contributed by atoms with E-state index in [1.165, 1.54) is 37.7 Å². The largest absolute Gasteiger partial charge is 0.376 e. The average Bonchev–Trinajstić information content (AvgIpc) is 3.32. The summed E-state index contributed by atoms with van der Waals surface area (Å²) in [7, 11) is 0. The zero-order chi connectivity index (χ0) is 24.1. The van der Waals surface area contributed by atoms with Crippen LogP contribution in [0.1, 0.15) is 80.9 Å². The first-order chi connectivity index (χ1) is 16.4. The van der Waals surface area contributed by atoms with Gasteiger partial charge in [-0.05, 0) is 67.2 Å². The minimum atomic E-state index is -1.52. The quantitative estimate of drug-likeness (QED) is 0.499. The van der Waals surface area contributed by atoms with Crippen molar-refractivity contribution in [2.45, 2.75) is 69.8 Å². The van der Waals surface area contributed by atoms with Crippen molar-refractivity contribution in [2.24, 2.45) is 11.8 Å². The van der Waals surface area contributed by atoms with E-state index in [1.54, 1.807) is 19.1 Å². The first-order valence-corrected chi connectivity index (χ1v) is 13.0. The van der Waals surface area contributed by atoms with Crippen LogP contribution in [0.15, 0.2) is 48.5 Å². The van der Waals surface area contributed by atoms with E-state index in [1.807, 2.05) is 35.2 Å². The number of aliphatic hydroxyl groups is 1. The standard InChI is InChI=1S/C29H35ClN2O2/c1-29(34,26-10-6-3-7-11-26)28(33)32-15-14-22(20-32)17-25(16-21-8-4-2-5-9-21)23-12-13-24(19-31)27(30)18-23/h3,6-7,10-13,18,21-22,25,34H,2,4-5,8-9,14-17,20H2,1H3/t22-,25?,29-/m1/s1. The molecule has 0 spiro atoms. The SMILES string of the molecule is C[C@](O)(C(=O)N1CC[C@H](CC(CC2CCCCC2)c2ccc(C#N)c(Cl)c2)C1)c1ccccc1. The number of hydrogen-bond donors (Lipinski definition) is 1. The van der Waals surface area contributed by atoms with Gasteiger partial charge in [-0.3, -0.25) is 4.79 Å². The molecule has 1 aliphatic carbocycles. The molecule has 4 nitrogen and oxygen atoms in total. The second-order valence-corrected chi connectivity index (χ2v) is 10.8. The van der Waals surface area contributed by atoms with Crippen molar-refractivity contribution in [2.75, 3.05) is 13.1 Å². The van der Waals surface area contributed by atoms with E-state index in [0.29, 0.717) is 41.1 Å².